The minimum atomic E-state index is -3.18. The molecular weight excluding hydrogens is 378 g/mol. The number of aromatic hydroxyl groups is 1. The Bertz CT molecular complexity index is 1130. The van der Waals surface area contributed by atoms with Gasteiger partial charge in [-0.15, -0.1) is 0 Å². The average molecular weight is 427 g/mol. The second-order valence-corrected chi connectivity index (χ2v) is 6.56. The van der Waals surface area contributed by atoms with E-state index in [0.717, 1.165) is 17.7 Å². The van der Waals surface area contributed by atoms with Crippen LogP contribution in [-0.4, -0.2) is 41.4 Å². The molecule has 1 unspecified atom stereocenters. The van der Waals surface area contributed by atoms with Crippen LogP contribution >= 0.6 is 0 Å². The zero-order chi connectivity index (χ0) is 31.3. The lowest BCUT2D eigenvalue weighted by Crippen LogP contribution is -2.22. The molecule has 0 saturated heterocycles. The van der Waals surface area contributed by atoms with Crippen molar-refractivity contribution in [2.75, 3.05) is 26.1 Å². The van der Waals surface area contributed by atoms with Crippen molar-refractivity contribution in [2.24, 2.45) is 0 Å². The highest BCUT2D eigenvalue weighted by Crippen LogP contribution is 2.22. The van der Waals surface area contributed by atoms with E-state index in [1.165, 1.54) is 0 Å². The Balaban J connectivity index is 1.90. The van der Waals surface area contributed by atoms with Crippen molar-refractivity contribution in [3.05, 3.63) is 65.2 Å². The van der Waals surface area contributed by atoms with Crippen LogP contribution in [0.1, 0.15) is 76.4 Å². The van der Waals surface area contributed by atoms with Crippen LogP contribution in [-0.2, 0) is 17.7 Å². The Morgan fingerprint density at radius 2 is 1.70 bits per heavy atom. The van der Waals surface area contributed by atoms with Gasteiger partial charge in [0.25, 0.3) is 0 Å². The average Bonchev–Trinajstić information content (AvgIpc) is 2.80. The lowest BCUT2D eigenvalue weighted by Gasteiger charge is -2.14. The van der Waals surface area contributed by atoms with Gasteiger partial charge in [0.2, 0.25) is 0 Å². The predicted molar refractivity (Wildman–Crippen MR) is 121 cm³/mol. The smallest absolute Gasteiger partial charge is 0.121 e. The van der Waals surface area contributed by atoms with Gasteiger partial charge in [-0.25, -0.2) is 0 Å². The summed E-state index contributed by atoms with van der Waals surface area (Å²) in [7, 11) is 0. The Hall–Kier alpha value is -1.92. The first-order chi connectivity index (χ1) is 18.6. The summed E-state index contributed by atoms with van der Waals surface area (Å²) < 4.78 is 92.6. The third-order valence-corrected chi connectivity index (χ3v) is 4.22. The number of aliphatic hydroxyl groups is 2. The molecule has 1 atom stereocenters. The minimum Gasteiger partial charge on any atom is -0.508 e. The maximum absolute atomic E-state index is 10.6. The van der Waals surface area contributed by atoms with E-state index >= 15 is 0 Å². The highest BCUT2D eigenvalue weighted by Gasteiger charge is 2.09. The second-order valence-electron chi connectivity index (χ2n) is 6.56. The summed E-state index contributed by atoms with van der Waals surface area (Å²) in [5.41, 5.74) is -0.236. The van der Waals surface area contributed by atoms with Crippen LogP contribution in [0.3, 0.4) is 0 Å². The van der Waals surface area contributed by atoms with Crippen LogP contribution in [0.15, 0.2) is 48.5 Å². The van der Waals surface area contributed by atoms with Gasteiger partial charge in [0.05, 0.1) is 22.2 Å². The summed E-state index contributed by atoms with van der Waals surface area (Å²) in [5, 5.41) is 31.9. The molecule has 4 N–H and O–H groups in total. The molecule has 2 aromatic carbocycles. The summed E-state index contributed by atoms with van der Waals surface area (Å²) in [5.74, 6) is -0.690. The number of unbranched alkanes of at least 4 members (excludes halogenated alkanes) is 1. The van der Waals surface area contributed by atoms with Crippen LogP contribution in [0.2, 0.25) is 0 Å². The maximum atomic E-state index is 10.6. The van der Waals surface area contributed by atoms with Gasteiger partial charge in [-0.1, -0.05) is 49.2 Å². The van der Waals surface area contributed by atoms with Gasteiger partial charge in [0.1, 0.15) is 5.75 Å². The highest BCUT2D eigenvalue weighted by molar-refractivity contribution is 5.36. The number of aryl methyl sites for hydroxylation is 1. The summed E-state index contributed by atoms with van der Waals surface area (Å²) in [6.45, 7) is -13.2. The molecule has 0 fully saturated rings. The maximum Gasteiger partial charge on any atom is 0.121 e. The third-order valence-electron chi connectivity index (χ3n) is 4.22. The fourth-order valence-electron chi connectivity index (χ4n) is 2.58. The van der Waals surface area contributed by atoms with E-state index in [9.17, 15) is 15.3 Å². The van der Waals surface area contributed by atoms with Crippen molar-refractivity contribution in [3.8, 4) is 5.75 Å². The molecule has 5 heteroatoms. The van der Waals surface area contributed by atoms with Crippen LogP contribution in [0.5, 0.6) is 5.75 Å². The van der Waals surface area contributed by atoms with Gasteiger partial charge >= 0.3 is 0 Å². The van der Waals surface area contributed by atoms with E-state index in [-0.39, 0.29) is 32.1 Å². The summed E-state index contributed by atoms with van der Waals surface area (Å²) in [6.07, 6.45) is -2.66. The molecular formula is C25H37NO4. The van der Waals surface area contributed by atoms with E-state index in [4.69, 9.17) is 19.8 Å². The van der Waals surface area contributed by atoms with Crippen molar-refractivity contribution in [1.82, 2.24) is 5.32 Å². The molecule has 0 spiro atoms. The van der Waals surface area contributed by atoms with E-state index in [0.29, 0.717) is 18.9 Å². The molecule has 0 heterocycles. The molecule has 0 saturated carbocycles. The highest BCUT2D eigenvalue weighted by atomic mass is 16.5. The number of rotatable bonds is 16. The number of hydrogen-bond acceptors (Lipinski definition) is 5. The zero-order valence-electron chi connectivity index (χ0n) is 27.8. The molecule has 0 aliphatic heterocycles. The van der Waals surface area contributed by atoms with E-state index < -0.39 is 55.6 Å². The van der Waals surface area contributed by atoms with E-state index in [1.807, 2.05) is 35.6 Å². The topological polar surface area (TPSA) is 82.0 Å². The first kappa shape index (κ1) is 12.8. The molecule has 5 nitrogen and oxygen atoms in total. The van der Waals surface area contributed by atoms with Crippen LogP contribution < -0.4 is 5.32 Å². The molecule has 166 valence electrons. The predicted octanol–water partition coefficient (Wildman–Crippen LogP) is 4.11. The zero-order valence-corrected chi connectivity index (χ0v) is 16.8. The van der Waals surface area contributed by atoms with Gasteiger partial charge in [0.15, 0.2) is 0 Å². The van der Waals surface area contributed by atoms with E-state index in [1.54, 1.807) is 0 Å². The largest absolute Gasteiger partial charge is 0.508 e. The van der Waals surface area contributed by atoms with Crippen molar-refractivity contribution in [3.63, 3.8) is 0 Å². The number of phenols is 1. The fraction of sp³-hybridized carbons (Fsp3) is 0.520. The lowest BCUT2D eigenvalue weighted by atomic mass is 10.1. The third kappa shape index (κ3) is 9.72. The molecule has 0 aromatic heterocycles. The molecule has 2 rings (SSSR count). The van der Waals surface area contributed by atoms with Crippen molar-refractivity contribution in [1.29, 1.82) is 0 Å². The molecule has 0 amide bonds. The Kier molecular flexibility index (Phi) is 6.40. The van der Waals surface area contributed by atoms with E-state index in [2.05, 4.69) is 0 Å². The molecule has 0 radical (unpaired) electrons. The monoisotopic (exact) mass is 426 g/mol. The van der Waals surface area contributed by atoms with Gasteiger partial charge in [-0.2, -0.15) is 0 Å². The SMILES string of the molecule is [2H]C([2H])(CCCCC([2H])([2H])OC([2H])([2H])CCCc1ccccc1)NC([2H])([2H])C([2H])(O)c1ccc(O)c(C([2H])([2H])O)c1. The molecule has 2 aromatic rings. The lowest BCUT2D eigenvalue weighted by molar-refractivity contribution is 0.126. The normalized spacial score (nSPS) is 21.1. The summed E-state index contributed by atoms with van der Waals surface area (Å²) in [4.78, 5) is 0. The number of hydrogen-bond donors (Lipinski definition) is 4. The first-order valence-electron chi connectivity index (χ1n) is 15.4. The van der Waals surface area contributed by atoms with Gasteiger partial charge in [-0.05, 0) is 61.9 Å². The Labute approximate surface area is 196 Å². The molecule has 0 aliphatic carbocycles. The fourth-order valence-corrected chi connectivity index (χ4v) is 2.58. The Morgan fingerprint density at radius 1 is 0.967 bits per heavy atom. The van der Waals surface area contributed by atoms with Gasteiger partial charge in [0, 0.05) is 30.7 Å². The standard InChI is InChI=1S/C25H37NO4/c27-20-23-18-22(13-14-24(23)28)25(29)19-26-15-7-1-2-8-16-30-17-9-6-12-21-10-4-3-5-11-21/h3-5,10-11,13-14,18,25-29H,1-2,6-9,12,15-17,19-20H2/i15D2,16D2,17D2,19D2,20D2,25D. The number of ether oxygens (including phenoxy) is 1. The number of nitrogens with one attached hydrogen (secondary N) is 1. The minimum absolute atomic E-state index is 0.0234. The number of benzene rings is 2. The van der Waals surface area contributed by atoms with Crippen LogP contribution in [0, 0.1) is 0 Å². The molecule has 30 heavy (non-hydrogen) atoms. The van der Waals surface area contributed by atoms with Crippen molar-refractivity contribution in [2.45, 2.75) is 57.6 Å². The summed E-state index contributed by atoms with van der Waals surface area (Å²) in [6, 6.07) is 12.0. The van der Waals surface area contributed by atoms with Gasteiger partial charge < -0.3 is 25.4 Å². The van der Waals surface area contributed by atoms with Crippen LogP contribution in [0.4, 0.5) is 0 Å². The van der Waals surface area contributed by atoms with Gasteiger partial charge in [-0.3, -0.25) is 0 Å². The van der Waals surface area contributed by atoms with Crippen molar-refractivity contribution >= 4 is 0 Å². The Morgan fingerprint density at radius 3 is 2.47 bits per heavy atom. The second kappa shape index (κ2) is 15.0. The molecule has 0 bridgehead atoms. The quantitative estimate of drug-likeness (QED) is 0.304. The van der Waals surface area contributed by atoms with Crippen molar-refractivity contribution < 1.29 is 35.1 Å². The summed E-state index contributed by atoms with van der Waals surface area (Å²) >= 11 is 0. The van der Waals surface area contributed by atoms with Crippen LogP contribution in [0.25, 0.3) is 0 Å². The molecule has 0 aliphatic rings. The first-order valence-corrected chi connectivity index (χ1v) is 9.89.